The molecular weight excluding hydrogens is 184 g/mol. The highest BCUT2D eigenvalue weighted by Gasteiger charge is 2.49. The van der Waals surface area contributed by atoms with E-state index in [9.17, 15) is 9.59 Å². The van der Waals surface area contributed by atoms with Gasteiger partial charge in [-0.1, -0.05) is 0 Å². The van der Waals surface area contributed by atoms with Crippen LogP contribution in [0.4, 0.5) is 0 Å². The minimum absolute atomic E-state index is 0.0398. The number of imide groups is 1. The van der Waals surface area contributed by atoms with Gasteiger partial charge in [0.2, 0.25) is 11.8 Å². The summed E-state index contributed by atoms with van der Waals surface area (Å²) in [5, 5.41) is 3.06. The fourth-order valence-electron chi connectivity index (χ4n) is 2.11. The normalized spacial score (nSPS) is 31.4. The Hall–Kier alpha value is -0.940. The van der Waals surface area contributed by atoms with Crippen LogP contribution in [0.5, 0.6) is 0 Å². The Morgan fingerprint density at radius 1 is 1.36 bits per heavy atom. The molecule has 2 amide bonds. The van der Waals surface area contributed by atoms with Crippen LogP contribution in [0.25, 0.3) is 0 Å². The molecule has 1 N–H and O–H groups in total. The first-order valence-electron chi connectivity index (χ1n) is 4.80. The second kappa shape index (κ2) is 3.67. The summed E-state index contributed by atoms with van der Waals surface area (Å²) in [5.74, 6) is -0.331. The Morgan fingerprint density at radius 2 is 1.93 bits per heavy atom. The van der Waals surface area contributed by atoms with Crippen molar-refractivity contribution in [1.82, 2.24) is 10.2 Å². The number of hydrogen-bond donors (Lipinski definition) is 1. The van der Waals surface area contributed by atoms with Crippen molar-refractivity contribution < 1.29 is 14.3 Å². The predicted molar refractivity (Wildman–Crippen MR) is 48.4 cm³/mol. The number of methoxy groups -OCH3 is 1. The molecule has 5 heteroatoms. The van der Waals surface area contributed by atoms with E-state index >= 15 is 0 Å². The largest absolute Gasteiger partial charge is 0.383 e. The fraction of sp³-hybridized carbons (Fsp3) is 0.778. The van der Waals surface area contributed by atoms with Crippen molar-refractivity contribution in [3.8, 4) is 0 Å². The molecule has 5 nitrogen and oxygen atoms in total. The molecule has 2 fully saturated rings. The van der Waals surface area contributed by atoms with Gasteiger partial charge in [-0.3, -0.25) is 14.5 Å². The second-order valence-corrected chi connectivity index (χ2v) is 3.69. The number of likely N-dealkylation sites (tertiary alicyclic amines) is 1. The van der Waals surface area contributed by atoms with E-state index in [2.05, 4.69) is 5.32 Å². The van der Waals surface area contributed by atoms with Gasteiger partial charge >= 0.3 is 0 Å². The van der Waals surface area contributed by atoms with Gasteiger partial charge in [0.25, 0.3) is 0 Å². The quantitative estimate of drug-likeness (QED) is 0.581. The SMILES string of the molecule is COCCN1C(=O)[C@H]2CNC[C@H]2C1=O. The van der Waals surface area contributed by atoms with E-state index < -0.39 is 0 Å². The first-order chi connectivity index (χ1) is 6.75. The summed E-state index contributed by atoms with van der Waals surface area (Å²) in [6.45, 7) is 2.09. The molecule has 0 aromatic rings. The molecule has 0 aliphatic carbocycles. The second-order valence-electron chi connectivity index (χ2n) is 3.69. The van der Waals surface area contributed by atoms with E-state index in [4.69, 9.17) is 4.74 Å². The standard InChI is InChI=1S/C9H14N2O3/c1-14-3-2-11-8(12)6-4-10-5-7(6)9(11)13/h6-7,10H,2-5H2,1H3/t6-,7+. The highest BCUT2D eigenvalue weighted by atomic mass is 16.5. The first kappa shape index (κ1) is 9.61. The summed E-state index contributed by atoms with van der Waals surface area (Å²) in [6.07, 6.45) is 0. The van der Waals surface area contributed by atoms with Crippen LogP contribution in [-0.4, -0.2) is 50.1 Å². The summed E-state index contributed by atoms with van der Waals surface area (Å²) >= 11 is 0. The molecule has 2 aliphatic rings. The number of amides is 2. The van der Waals surface area contributed by atoms with Crippen LogP contribution in [0, 0.1) is 11.8 Å². The number of fused-ring (bicyclic) bond motifs is 1. The van der Waals surface area contributed by atoms with Crippen molar-refractivity contribution in [3.05, 3.63) is 0 Å². The first-order valence-corrected chi connectivity index (χ1v) is 4.80. The third-order valence-corrected chi connectivity index (χ3v) is 2.90. The molecule has 0 spiro atoms. The van der Waals surface area contributed by atoms with E-state index in [0.717, 1.165) is 0 Å². The Labute approximate surface area is 82.4 Å². The molecule has 2 aliphatic heterocycles. The topological polar surface area (TPSA) is 58.6 Å². The molecule has 2 saturated heterocycles. The molecule has 0 saturated carbocycles. The van der Waals surface area contributed by atoms with Gasteiger partial charge in [0.05, 0.1) is 25.0 Å². The van der Waals surface area contributed by atoms with E-state index in [1.807, 2.05) is 0 Å². The van der Waals surface area contributed by atoms with Gasteiger partial charge in [-0.15, -0.1) is 0 Å². The molecule has 14 heavy (non-hydrogen) atoms. The molecule has 0 bridgehead atoms. The zero-order valence-electron chi connectivity index (χ0n) is 8.16. The number of nitrogens with zero attached hydrogens (tertiary/aromatic N) is 1. The van der Waals surface area contributed by atoms with Gasteiger partial charge < -0.3 is 10.1 Å². The third kappa shape index (κ3) is 1.33. The summed E-state index contributed by atoms with van der Waals surface area (Å²) in [7, 11) is 1.56. The van der Waals surface area contributed by atoms with Crippen molar-refractivity contribution in [2.24, 2.45) is 11.8 Å². The van der Waals surface area contributed by atoms with Gasteiger partial charge in [-0.05, 0) is 0 Å². The van der Waals surface area contributed by atoms with Crippen molar-refractivity contribution in [2.75, 3.05) is 33.4 Å². The van der Waals surface area contributed by atoms with Crippen LogP contribution in [0.1, 0.15) is 0 Å². The number of hydrogen-bond acceptors (Lipinski definition) is 4. The van der Waals surface area contributed by atoms with Crippen LogP contribution < -0.4 is 5.32 Å². The lowest BCUT2D eigenvalue weighted by Crippen LogP contribution is -2.36. The maximum Gasteiger partial charge on any atom is 0.234 e. The van der Waals surface area contributed by atoms with Gasteiger partial charge in [0, 0.05) is 20.2 Å². The number of nitrogens with one attached hydrogen (secondary N) is 1. The lowest BCUT2D eigenvalue weighted by molar-refractivity contribution is -0.140. The lowest BCUT2D eigenvalue weighted by atomic mass is 10.00. The van der Waals surface area contributed by atoms with Crippen molar-refractivity contribution in [3.63, 3.8) is 0 Å². The molecule has 2 rings (SSSR count). The summed E-state index contributed by atoms with van der Waals surface area (Å²) in [6, 6.07) is 0. The van der Waals surface area contributed by atoms with Gasteiger partial charge in [0.1, 0.15) is 0 Å². The van der Waals surface area contributed by atoms with Crippen LogP contribution in [0.2, 0.25) is 0 Å². The molecule has 2 heterocycles. The molecule has 0 radical (unpaired) electrons. The van der Waals surface area contributed by atoms with E-state index in [0.29, 0.717) is 26.2 Å². The van der Waals surface area contributed by atoms with Crippen LogP contribution in [0.3, 0.4) is 0 Å². The Bertz CT molecular complexity index is 245. The minimum atomic E-state index is -0.126. The van der Waals surface area contributed by atoms with E-state index in [1.165, 1.54) is 4.90 Å². The summed E-state index contributed by atoms with van der Waals surface area (Å²) < 4.78 is 4.86. The van der Waals surface area contributed by atoms with Gasteiger partial charge in [-0.2, -0.15) is 0 Å². The number of carbonyl (C=O) groups is 2. The maximum atomic E-state index is 11.7. The van der Waals surface area contributed by atoms with E-state index in [1.54, 1.807) is 7.11 Å². The highest BCUT2D eigenvalue weighted by molar-refractivity contribution is 6.05. The van der Waals surface area contributed by atoms with Crippen LogP contribution in [0.15, 0.2) is 0 Å². The average molecular weight is 198 g/mol. The number of carbonyl (C=O) groups excluding carboxylic acids is 2. The molecule has 2 atom stereocenters. The van der Waals surface area contributed by atoms with Gasteiger partial charge in [-0.25, -0.2) is 0 Å². The summed E-state index contributed by atoms with van der Waals surface area (Å²) in [4.78, 5) is 24.8. The summed E-state index contributed by atoms with van der Waals surface area (Å²) in [5.41, 5.74) is 0. The Kier molecular flexibility index (Phi) is 2.52. The van der Waals surface area contributed by atoms with Crippen molar-refractivity contribution in [1.29, 1.82) is 0 Å². The minimum Gasteiger partial charge on any atom is -0.383 e. The highest BCUT2D eigenvalue weighted by Crippen LogP contribution is 2.28. The zero-order valence-corrected chi connectivity index (χ0v) is 8.16. The van der Waals surface area contributed by atoms with Crippen molar-refractivity contribution >= 4 is 11.8 Å². The average Bonchev–Trinajstić information content (AvgIpc) is 2.72. The van der Waals surface area contributed by atoms with Gasteiger partial charge in [0.15, 0.2) is 0 Å². The number of rotatable bonds is 3. The lowest BCUT2D eigenvalue weighted by Gasteiger charge is -2.14. The smallest absolute Gasteiger partial charge is 0.234 e. The molecular formula is C9H14N2O3. The molecule has 0 aromatic heterocycles. The number of ether oxygens (including phenoxy) is 1. The van der Waals surface area contributed by atoms with E-state index in [-0.39, 0.29) is 23.7 Å². The third-order valence-electron chi connectivity index (χ3n) is 2.90. The Balaban J connectivity index is 2.06. The fourth-order valence-corrected chi connectivity index (χ4v) is 2.11. The molecule has 0 unspecified atom stereocenters. The van der Waals surface area contributed by atoms with Crippen molar-refractivity contribution in [2.45, 2.75) is 0 Å². The molecule has 0 aromatic carbocycles. The van der Waals surface area contributed by atoms with Crippen LogP contribution >= 0.6 is 0 Å². The molecule has 78 valence electrons. The Morgan fingerprint density at radius 3 is 2.43 bits per heavy atom. The maximum absolute atomic E-state index is 11.7. The zero-order chi connectivity index (χ0) is 10.1. The monoisotopic (exact) mass is 198 g/mol. The predicted octanol–water partition coefficient (Wildman–Crippen LogP) is -1.16. The van der Waals surface area contributed by atoms with Crippen LogP contribution in [-0.2, 0) is 14.3 Å².